The third-order valence-electron chi connectivity index (χ3n) is 7.77. The SMILES string of the molecule is CCCN(CCC)C(C)c1cc2sc(=O)n(CCN3CCC(C(=O)c4ccc(F)cc4)CC3)c2cc1OC. The zero-order valence-electron chi connectivity index (χ0n) is 23.0. The molecule has 2 aromatic carbocycles. The van der Waals surface area contributed by atoms with Gasteiger partial charge in [0.05, 0.1) is 17.3 Å². The largest absolute Gasteiger partial charge is 0.496 e. The molecule has 6 nitrogen and oxygen atoms in total. The van der Waals surface area contributed by atoms with E-state index in [0.29, 0.717) is 12.1 Å². The molecular weight excluding hydrogens is 501 g/mol. The van der Waals surface area contributed by atoms with Crippen molar-refractivity contribution in [2.75, 3.05) is 39.8 Å². The average Bonchev–Trinajstić information content (AvgIpc) is 3.24. The fraction of sp³-hybridized carbons (Fsp3) is 0.533. The number of hydrogen-bond acceptors (Lipinski definition) is 6. The lowest BCUT2D eigenvalue weighted by Crippen LogP contribution is -2.38. The number of fused-ring (bicyclic) bond motifs is 1. The summed E-state index contributed by atoms with van der Waals surface area (Å²) in [4.78, 5) is 30.7. The number of hydrogen-bond donors (Lipinski definition) is 0. The van der Waals surface area contributed by atoms with Crippen LogP contribution >= 0.6 is 11.3 Å². The van der Waals surface area contributed by atoms with Gasteiger partial charge in [0.15, 0.2) is 5.78 Å². The number of nitrogens with zero attached hydrogens (tertiary/aromatic N) is 3. The van der Waals surface area contributed by atoms with Gasteiger partial charge in [0.1, 0.15) is 11.6 Å². The van der Waals surface area contributed by atoms with Gasteiger partial charge in [0, 0.05) is 42.2 Å². The van der Waals surface area contributed by atoms with Gasteiger partial charge in [-0.15, -0.1) is 0 Å². The van der Waals surface area contributed by atoms with Crippen LogP contribution in [0.2, 0.25) is 0 Å². The first-order chi connectivity index (χ1) is 18.4. The van der Waals surface area contributed by atoms with Crippen LogP contribution in [0.4, 0.5) is 4.39 Å². The maximum Gasteiger partial charge on any atom is 0.308 e. The zero-order chi connectivity index (χ0) is 27.2. The van der Waals surface area contributed by atoms with E-state index in [1.165, 1.54) is 23.5 Å². The standard InChI is InChI=1S/C30H40FN3O3S/c1-5-13-33(14-6-2)21(3)25-19-28-26(20-27(25)37-4)34(30(36)38-28)18-17-32-15-11-23(12-16-32)29(35)22-7-9-24(31)10-8-22/h7-10,19-21,23H,5-6,11-18H2,1-4H3. The van der Waals surface area contributed by atoms with Crippen molar-refractivity contribution in [1.29, 1.82) is 0 Å². The number of halogens is 1. The summed E-state index contributed by atoms with van der Waals surface area (Å²) in [7, 11) is 1.70. The number of piperidine rings is 1. The number of ether oxygens (including phenoxy) is 1. The Morgan fingerprint density at radius 3 is 2.37 bits per heavy atom. The van der Waals surface area contributed by atoms with Gasteiger partial charge in [-0.3, -0.25) is 19.1 Å². The smallest absolute Gasteiger partial charge is 0.308 e. The van der Waals surface area contributed by atoms with Gasteiger partial charge in [-0.1, -0.05) is 25.2 Å². The lowest BCUT2D eigenvalue weighted by Gasteiger charge is -2.31. The Morgan fingerprint density at radius 1 is 1.11 bits per heavy atom. The van der Waals surface area contributed by atoms with Crippen molar-refractivity contribution in [2.45, 2.75) is 59.0 Å². The number of carbonyl (C=O) groups excluding carboxylic acids is 1. The Balaban J connectivity index is 1.43. The first-order valence-electron chi connectivity index (χ1n) is 13.8. The molecule has 1 saturated heterocycles. The number of methoxy groups -OCH3 is 1. The molecule has 38 heavy (non-hydrogen) atoms. The quantitative estimate of drug-likeness (QED) is 0.264. The van der Waals surface area contributed by atoms with Crippen molar-refractivity contribution in [1.82, 2.24) is 14.4 Å². The fourth-order valence-corrected chi connectivity index (χ4v) is 6.55. The topological polar surface area (TPSA) is 54.8 Å². The first-order valence-corrected chi connectivity index (χ1v) is 14.6. The lowest BCUT2D eigenvalue weighted by molar-refractivity contribution is 0.0837. The maximum atomic E-state index is 13.2. The normalized spacial score (nSPS) is 15.8. The summed E-state index contributed by atoms with van der Waals surface area (Å²) < 4.78 is 21.9. The Kier molecular flexibility index (Phi) is 9.74. The molecule has 3 aromatic rings. The molecule has 1 fully saturated rings. The second-order valence-electron chi connectivity index (χ2n) is 10.3. The average molecular weight is 542 g/mol. The second-order valence-corrected chi connectivity index (χ2v) is 11.3. The summed E-state index contributed by atoms with van der Waals surface area (Å²) in [5.41, 5.74) is 2.63. The van der Waals surface area contributed by atoms with Crippen LogP contribution in [-0.2, 0) is 6.54 Å². The van der Waals surface area contributed by atoms with E-state index in [1.54, 1.807) is 19.2 Å². The van der Waals surface area contributed by atoms with Gasteiger partial charge < -0.3 is 9.64 Å². The molecule has 4 rings (SSSR count). The molecule has 8 heteroatoms. The lowest BCUT2D eigenvalue weighted by atomic mass is 9.89. The summed E-state index contributed by atoms with van der Waals surface area (Å²) in [6.07, 6.45) is 3.74. The summed E-state index contributed by atoms with van der Waals surface area (Å²) in [6, 6.07) is 10.2. The van der Waals surface area contributed by atoms with Crippen molar-refractivity contribution in [3.05, 3.63) is 63.0 Å². The molecule has 0 N–H and O–H groups in total. The van der Waals surface area contributed by atoms with E-state index in [2.05, 4.69) is 36.6 Å². The predicted molar refractivity (Wildman–Crippen MR) is 153 cm³/mol. The Hall–Kier alpha value is -2.55. The van der Waals surface area contributed by atoms with Gasteiger partial charge >= 0.3 is 4.87 Å². The highest BCUT2D eigenvalue weighted by molar-refractivity contribution is 7.16. The van der Waals surface area contributed by atoms with Crippen LogP contribution in [0.25, 0.3) is 10.2 Å². The molecule has 1 atom stereocenters. The monoisotopic (exact) mass is 541 g/mol. The molecule has 0 radical (unpaired) electrons. The highest BCUT2D eigenvalue weighted by Gasteiger charge is 2.26. The maximum absolute atomic E-state index is 13.2. The molecule has 0 bridgehead atoms. The molecule has 2 heterocycles. The Morgan fingerprint density at radius 2 is 1.76 bits per heavy atom. The van der Waals surface area contributed by atoms with Crippen molar-refractivity contribution in [3.8, 4) is 5.75 Å². The highest BCUT2D eigenvalue weighted by atomic mass is 32.1. The number of aromatic nitrogens is 1. The number of Topliss-reactive ketones (excluding diaryl/α,β-unsaturated/α-hetero) is 1. The van der Waals surface area contributed by atoms with Crippen LogP contribution in [-0.4, -0.2) is 60.0 Å². The van der Waals surface area contributed by atoms with Crippen LogP contribution in [0.5, 0.6) is 5.75 Å². The van der Waals surface area contributed by atoms with Gasteiger partial charge in [0.2, 0.25) is 0 Å². The van der Waals surface area contributed by atoms with Gasteiger partial charge in [-0.05, 0) is 89.1 Å². The summed E-state index contributed by atoms with van der Waals surface area (Å²) in [5.74, 6) is 0.559. The minimum Gasteiger partial charge on any atom is -0.496 e. The molecule has 1 aliphatic rings. The minimum atomic E-state index is -0.328. The Bertz CT molecular complexity index is 1270. The molecular formula is C30H40FN3O3S. The molecule has 1 aromatic heterocycles. The van der Waals surface area contributed by atoms with Crippen molar-refractivity contribution < 1.29 is 13.9 Å². The van der Waals surface area contributed by atoms with E-state index in [4.69, 9.17) is 4.74 Å². The minimum absolute atomic E-state index is 0.0361. The summed E-state index contributed by atoms with van der Waals surface area (Å²) in [6.45, 7) is 11.7. The molecule has 0 amide bonds. The van der Waals surface area contributed by atoms with Gasteiger partial charge in [-0.2, -0.15) is 0 Å². The predicted octanol–water partition coefficient (Wildman–Crippen LogP) is 5.99. The zero-order valence-corrected chi connectivity index (χ0v) is 23.9. The number of rotatable bonds is 12. The first kappa shape index (κ1) is 28.5. The molecule has 1 aliphatic heterocycles. The van der Waals surface area contributed by atoms with Crippen molar-refractivity contribution in [2.24, 2.45) is 5.92 Å². The van der Waals surface area contributed by atoms with Crippen LogP contribution in [0.3, 0.4) is 0 Å². The highest BCUT2D eigenvalue weighted by Crippen LogP contribution is 2.34. The third kappa shape index (κ3) is 6.35. The second kappa shape index (κ2) is 13.0. The van der Waals surface area contributed by atoms with Crippen molar-refractivity contribution >= 4 is 27.3 Å². The van der Waals surface area contributed by atoms with Gasteiger partial charge in [0.25, 0.3) is 0 Å². The number of ketones is 1. The van der Waals surface area contributed by atoms with Crippen LogP contribution in [0.1, 0.15) is 68.4 Å². The molecule has 0 aliphatic carbocycles. The van der Waals surface area contributed by atoms with Crippen LogP contribution in [0.15, 0.2) is 41.2 Å². The van der Waals surface area contributed by atoms with E-state index >= 15 is 0 Å². The van der Waals surface area contributed by atoms with Crippen LogP contribution < -0.4 is 9.61 Å². The summed E-state index contributed by atoms with van der Waals surface area (Å²) >= 11 is 1.30. The number of benzene rings is 2. The van der Waals surface area contributed by atoms with Crippen LogP contribution in [0, 0.1) is 11.7 Å². The number of thiazole rings is 1. The molecule has 206 valence electrons. The van der Waals surface area contributed by atoms with E-state index in [-0.39, 0.29) is 28.4 Å². The van der Waals surface area contributed by atoms with E-state index in [1.807, 2.05) is 10.6 Å². The van der Waals surface area contributed by atoms with Crippen molar-refractivity contribution in [3.63, 3.8) is 0 Å². The van der Waals surface area contributed by atoms with E-state index in [9.17, 15) is 14.0 Å². The molecule has 1 unspecified atom stereocenters. The number of likely N-dealkylation sites (tertiary alicyclic amines) is 1. The Labute approximate surface area is 229 Å². The van der Waals surface area contributed by atoms with Gasteiger partial charge in [-0.25, -0.2) is 4.39 Å². The molecule has 0 saturated carbocycles. The third-order valence-corrected chi connectivity index (χ3v) is 8.71. The molecule has 0 spiro atoms. The van der Waals surface area contributed by atoms with E-state index in [0.717, 1.165) is 79.9 Å². The number of carbonyl (C=O) groups is 1. The van der Waals surface area contributed by atoms with E-state index < -0.39 is 0 Å². The summed E-state index contributed by atoms with van der Waals surface area (Å²) in [5, 5.41) is 0. The fourth-order valence-electron chi connectivity index (χ4n) is 5.60.